The largest absolute Gasteiger partial charge is 0.506 e. The van der Waals surface area contributed by atoms with Gasteiger partial charge in [-0.3, -0.25) is 9.59 Å². The Labute approximate surface area is 141 Å². The number of carbonyl (C=O) groups is 2. The minimum atomic E-state index is -0.508. The molecule has 1 heterocycles. The quantitative estimate of drug-likeness (QED) is 0.832. The fourth-order valence-corrected chi connectivity index (χ4v) is 2.59. The van der Waals surface area contributed by atoms with Gasteiger partial charge in [0.1, 0.15) is 11.4 Å². The van der Waals surface area contributed by atoms with Crippen LogP contribution < -0.4 is 10.2 Å². The van der Waals surface area contributed by atoms with E-state index >= 15 is 0 Å². The number of nitrogens with zero attached hydrogens (tertiary/aromatic N) is 1. The number of imide groups is 1. The van der Waals surface area contributed by atoms with Crippen molar-refractivity contribution in [2.75, 3.05) is 10.2 Å². The van der Waals surface area contributed by atoms with Crippen LogP contribution in [0.4, 0.5) is 11.4 Å². The van der Waals surface area contributed by atoms with E-state index in [9.17, 15) is 14.7 Å². The molecular formula is C16H10Cl2N2O3. The third kappa shape index (κ3) is 2.88. The summed E-state index contributed by atoms with van der Waals surface area (Å²) in [5.41, 5.74) is 0.805. The number of anilines is 2. The number of carbonyl (C=O) groups excluding carboxylic acids is 2. The molecule has 2 amide bonds. The summed E-state index contributed by atoms with van der Waals surface area (Å²) in [5.74, 6) is -1.15. The standard InChI is InChI=1S/C16H10Cl2N2O3/c17-10-6-11(18)14(21)7-12(10)19-13-8-15(22)20(16(13)23)9-4-2-1-3-5-9/h1-8,19,21H. The second-order valence-electron chi connectivity index (χ2n) is 4.78. The normalized spacial score (nSPS) is 14.2. The lowest BCUT2D eigenvalue weighted by atomic mass is 10.2. The second-order valence-corrected chi connectivity index (χ2v) is 5.60. The summed E-state index contributed by atoms with van der Waals surface area (Å²) in [4.78, 5) is 25.6. The van der Waals surface area contributed by atoms with E-state index in [2.05, 4.69) is 5.32 Å². The van der Waals surface area contributed by atoms with Crippen LogP contribution in [-0.4, -0.2) is 16.9 Å². The molecule has 116 valence electrons. The van der Waals surface area contributed by atoms with Crippen LogP contribution in [0.3, 0.4) is 0 Å². The van der Waals surface area contributed by atoms with Crippen LogP contribution in [0.25, 0.3) is 0 Å². The predicted molar refractivity (Wildman–Crippen MR) is 88.8 cm³/mol. The van der Waals surface area contributed by atoms with Gasteiger partial charge < -0.3 is 10.4 Å². The average Bonchev–Trinajstić information content (AvgIpc) is 2.80. The number of hydrogen-bond acceptors (Lipinski definition) is 4. The lowest BCUT2D eigenvalue weighted by Gasteiger charge is -2.15. The molecule has 5 nitrogen and oxygen atoms in total. The van der Waals surface area contributed by atoms with Crippen molar-refractivity contribution < 1.29 is 14.7 Å². The molecule has 1 aliphatic heterocycles. The molecule has 0 aliphatic carbocycles. The van der Waals surface area contributed by atoms with Gasteiger partial charge in [0.15, 0.2) is 0 Å². The highest BCUT2D eigenvalue weighted by molar-refractivity contribution is 6.37. The van der Waals surface area contributed by atoms with Crippen molar-refractivity contribution in [1.82, 2.24) is 0 Å². The summed E-state index contributed by atoms with van der Waals surface area (Å²) in [6.07, 6.45) is 1.18. The maximum Gasteiger partial charge on any atom is 0.281 e. The number of phenols is 1. The Morgan fingerprint density at radius 1 is 1.00 bits per heavy atom. The monoisotopic (exact) mass is 348 g/mol. The molecule has 1 aliphatic rings. The van der Waals surface area contributed by atoms with Crippen molar-refractivity contribution in [1.29, 1.82) is 0 Å². The van der Waals surface area contributed by atoms with Gasteiger partial charge in [0.05, 0.1) is 21.4 Å². The summed E-state index contributed by atoms with van der Waals surface area (Å²) in [5, 5.41) is 12.7. The molecule has 0 unspecified atom stereocenters. The highest BCUT2D eigenvalue weighted by Crippen LogP contribution is 2.34. The number of phenolic OH excluding ortho intramolecular Hbond substituents is 1. The first kappa shape index (κ1) is 15.4. The Morgan fingerprint density at radius 2 is 1.70 bits per heavy atom. The zero-order valence-corrected chi connectivity index (χ0v) is 13.1. The molecule has 2 aromatic rings. The molecular weight excluding hydrogens is 339 g/mol. The lowest BCUT2D eigenvalue weighted by molar-refractivity contribution is -0.120. The summed E-state index contributed by atoms with van der Waals surface area (Å²) in [6, 6.07) is 11.2. The van der Waals surface area contributed by atoms with Gasteiger partial charge in [-0.15, -0.1) is 0 Å². The second kappa shape index (κ2) is 5.95. The molecule has 0 saturated carbocycles. The van der Waals surface area contributed by atoms with Crippen LogP contribution >= 0.6 is 23.2 Å². The maximum atomic E-state index is 12.4. The third-order valence-corrected chi connectivity index (χ3v) is 3.86. The first-order chi connectivity index (χ1) is 11.0. The number of rotatable bonds is 3. The van der Waals surface area contributed by atoms with Gasteiger partial charge in [-0.25, -0.2) is 4.90 Å². The highest BCUT2D eigenvalue weighted by Gasteiger charge is 2.32. The maximum absolute atomic E-state index is 12.4. The molecule has 0 spiro atoms. The lowest BCUT2D eigenvalue weighted by Crippen LogP contribution is -2.31. The molecule has 0 fully saturated rings. The number of amides is 2. The van der Waals surface area contributed by atoms with Gasteiger partial charge in [-0.2, -0.15) is 0 Å². The van der Waals surface area contributed by atoms with E-state index in [1.165, 1.54) is 18.2 Å². The van der Waals surface area contributed by atoms with E-state index in [4.69, 9.17) is 23.2 Å². The van der Waals surface area contributed by atoms with Crippen LogP contribution in [0.15, 0.2) is 54.2 Å². The van der Waals surface area contributed by atoms with Crippen molar-refractivity contribution >= 4 is 46.4 Å². The van der Waals surface area contributed by atoms with Gasteiger partial charge in [0.2, 0.25) is 0 Å². The minimum Gasteiger partial charge on any atom is -0.506 e. The van der Waals surface area contributed by atoms with Gasteiger partial charge in [-0.05, 0) is 18.2 Å². The molecule has 2 aromatic carbocycles. The highest BCUT2D eigenvalue weighted by atomic mass is 35.5. The molecule has 0 atom stereocenters. The Hall–Kier alpha value is -2.50. The van der Waals surface area contributed by atoms with Crippen LogP contribution in [0.2, 0.25) is 10.0 Å². The van der Waals surface area contributed by atoms with E-state index in [1.54, 1.807) is 30.3 Å². The van der Waals surface area contributed by atoms with Crippen molar-refractivity contribution in [2.45, 2.75) is 0 Å². The number of benzene rings is 2. The smallest absolute Gasteiger partial charge is 0.281 e. The van der Waals surface area contributed by atoms with E-state index < -0.39 is 11.8 Å². The molecule has 0 bridgehead atoms. The Bertz CT molecular complexity index is 835. The average molecular weight is 349 g/mol. The summed E-state index contributed by atoms with van der Waals surface area (Å²) in [6.45, 7) is 0. The number of halogens is 2. The molecule has 7 heteroatoms. The van der Waals surface area contributed by atoms with Crippen molar-refractivity contribution in [3.63, 3.8) is 0 Å². The minimum absolute atomic E-state index is 0.0578. The Morgan fingerprint density at radius 3 is 2.39 bits per heavy atom. The third-order valence-electron chi connectivity index (χ3n) is 3.24. The van der Waals surface area contributed by atoms with E-state index in [0.717, 1.165) is 4.90 Å². The Balaban J connectivity index is 1.88. The van der Waals surface area contributed by atoms with Crippen molar-refractivity contribution in [2.24, 2.45) is 0 Å². The molecule has 0 saturated heterocycles. The molecule has 3 rings (SSSR count). The zero-order chi connectivity index (χ0) is 16.6. The molecule has 23 heavy (non-hydrogen) atoms. The molecule has 2 N–H and O–H groups in total. The van der Waals surface area contributed by atoms with Crippen molar-refractivity contribution in [3.8, 4) is 5.75 Å². The van der Waals surface area contributed by atoms with Crippen LogP contribution in [0, 0.1) is 0 Å². The van der Waals surface area contributed by atoms with E-state index in [-0.39, 0.29) is 27.2 Å². The summed E-state index contributed by atoms with van der Waals surface area (Å²) < 4.78 is 0. The van der Waals surface area contributed by atoms with E-state index in [0.29, 0.717) is 5.69 Å². The van der Waals surface area contributed by atoms with Crippen LogP contribution in [0.5, 0.6) is 5.75 Å². The SMILES string of the molecule is O=C1C=C(Nc2cc(O)c(Cl)cc2Cl)C(=O)N1c1ccccc1. The van der Waals surface area contributed by atoms with Gasteiger partial charge >= 0.3 is 0 Å². The van der Waals surface area contributed by atoms with Crippen LogP contribution in [0.1, 0.15) is 0 Å². The Kier molecular flexibility index (Phi) is 3.98. The van der Waals surface area contributed by atoms with E-state index in [1.807, 2.05) is 0 Å². The molecule has 0 aromatic heterocycles. The fourth-order valence-electron chi connectivity index (χ4n) is 2.16. The fraction of sp³-hybridized carbons (Fsp3) is 0. The number of hydrogen-bond donors (Lipinski definition) is 2. The molecule has 0 radical (unpaired) electrons. The van der Waals surface area contributed by atoms with Gasteiger partial charge in [0, 0.05) is 12.1 Å². The topological polar surface area (TPSA) is 69.6 Å². The number of nitrogens with one attached hydrogen (secondary N) is 1. The summed E-state index contributed by atoms with van der Waals surface area (Å²) >= 11 is 11.8. The first-order valence-electron chi connectivity index (χ1n) is 6.57. The predicted octanol–water partition coefficient (Wildman–Crippen LogP) is 3.57. The van der Waals surface area contributed by atoms with Gasteiger partial charge in [0.25, 0.3) is 11.8 Å². The number of aromatic hydroxyl groups is 1. The zero-order valence-electron chi connectivity index (χ0n) is 11.6. The van der Waals surface area contributed by atoms with Crippen molar-refractivity contribution in [3.05, 3.63) is 64.3 Å². The van der Waals surface area contributed by atoms with Crippen LogP contribution in [-0.2, 0) is 9.59 Å². The summed E-state index contributed by atoms with van der Waals surface area (Å²) in [7, 11) is 0. The number of para-hydroxylation sites is 1. The first-order valence-corrected chi connectivity index (χ1v) is 7.33. The van der Waals surface area contributed by atoms with Gasteiger partial charge in [-0.1, -0.05) is 41.4 Å².